The molecule has 1 aliphatic heterocycles. The maximum absolute atomic E-state index is 5.74. The largest absolute Gasteiger partial charge is 0.384 e. The van der Waals surface area contributed by atoms with Crippen molar-refractivity contribution in [2.24, 2.45) is 0 Å². The van der Waals surface area contributed by atoms with Crippen LogP contribution in [0.2, 0.25) is 0 Å². The summed E-state index contributed by atoms with van der Waals surface area (Å²) in [4.78, 5) is 8.36. The van der Waals surface area contributed by atoms with Crippen molar-refractivity contribution >= 4 is 5.82 Å². The SMILES string of the molecule is CC1COCc2c(-c3ccnc(N)c3)cncc21. The number of anilines is 1. The van der Waals surface area contributed by atoms with E-state index in [1.807, 2.05) is 24.5 Å². The molecule has 0 amide bonds. The summed E-state index contributed by atoms with van der Waals surface area (Å²) < 4.78 is 5.63. The third-order valence-electron chi connectivity index (χ3n) is 3.33. The van der Waals surface area contributed by atoms with Gasteiger partial charge in [0.2, 0.25) is 0 Å². The van der Waals surface area contributed by atoms with Crippen molar-refractivity contribution in [2.75, 3.05) is 12.3 Å². The molecule has 0 bridgehead atoms. The van der Waals surface area contributed by atoms with Gasteiger partial charge >= 0.3 is 0 Å². The fraction of sp³-hybridized carbons (Fsp3) is 0.286. The topological polar surface area (TPSA) is 61.0 Å². The Balaban J connectivity index is 2.16. The van der Waals surface area contributed by atoms with Crippen LogP contribution < -0.4 is 5.73 Å². The van der Waals surface area contributed by atoms with Crippen molar-refractivity contribution in [1.29, 1.82) is 0 Å². The predicted octanol–water partition coefficient (Wildman–Crippen LogP) is 2.36. The van der Waals surface area contributed by atoms with Gasteiger partial charge < -0.3 is 10.5 Å². The van der Waals surface area contributed by atoms with Crippen molar-refractivity contribution in [2.45, 2.75) is 19.4 Å². The van der Waals surface area contributed by atoms with E-state index in [1.165, 1.54) is 11.1 Å². The number of pyridine rings is 2. The molecule has 0 saturated heterocycles. The van der Waals surface area contributed by atoms with Gasteiger partial charge in [-0.15, -0.1) is 0 Å². The highest BCUT2D eigenvalue weighted by Crippen LogP contribution is 2.33. The minimum absolute atomic E-state index is 0.389. The molecule has 4 nitrogen and oxygen atoms in total. The van der Waals surface area contributed by atoms with E-state index in [0.717, 1.165) is 17.7 Å². The molecule has 2 aromatic heterocycles. The van der Waals surface area contributed by atoms with Gasteiger partial charge in [0, 0.05) is 30.1 Å². The number of ether oxygens (including phenoxy) is 1. The Morgan fingerprint density at radius 2 is 2.28 bits per heavy atom. The van der Waals surface area contributed by atoms with Crippen LogP contribution in [0.15, 0.2) is 30.7 Å². The molecule has 0 saturated carbocycles. The number of aromatic nitrogens is 2. The quantitative estimate of drug-likeness (QED) is 0.832. The van der Waals surface area contributed by atoms with Crippen LogP contribution in [0.25, 0.3) is 11.1 Å². The van der Waals surface area contributed by atoms with Crippen molar-refractivity contribution in [3.8, 4) is 11.1 Å². The highest BCUT2D eigenvalue weighted by molar-refractivity contribution is 5.69. The molecule has 4 heteroatoms. The lowest BCUT2D eigenvalue weighted by atomic mass is 9.91. The van der Waals surface area contributed by atoms with Crippen molar-refractivity contribution in [1.82, 2.24) is 9.97 Å². The summed E-state index contributed by atoms with van der Waals surface area (Å²) in [6, 6.07) is 3.82. The fourth-order valence-corrected chi connectivity index (χ4v) is 2.38. The molecule has 0 aromatic carbocycles. The number of rotatable bonds is 1. The number of hydrogen-bond acceptors (Lipinski definition) is 4. The first-order valence-corrected chi connectivity index (χ1v) is 6.02. The van der Waals surface area contributed by atoms with E-state index >= 15 is 0 Å². The summed E-state index contributed by atoms with van der Waals surface area (Å²) in [5, 5.41) is 0. The average Bonchev–Trinajstić information content (AvgIpc) is 2.39. The molecule has 1 unspecified atom stereocenters. The van der Waals surface area contributed by atoms with Gasteiger partial charge in [0.15, 0.2) is 0 Å². The highest BCUT2D eigenvalue weighted by Gasteiger charge is 2.20. The molecule has 2 N–H and O–H groups in total. The predicted molar refractivity (Wildman–Crippen MR) is 70.0 cm³/mol. The van der Waals surface area contributed by atoms with Gasteiger partial charge in [0.25, 0.3) is 0 Å². The Morgan fingerprint density at radius 1 is 1.39 bits per heavy atom. The number of hydrogen-bond donors (Lipinski definition) is 1. The summed E-state index contributed by atoms with van der Waals surface area (Å²) in [6.45, 7) is 3.56. The second-order valence-electron chi connectivity index (χ2n) is 4.64. The number of fused-ring (bicyclic) bond motifs is 1. The van der Waals surface area contributed by atoms with E-state index < -0.39 is 0 Å². The molecule has 0 aliphatic carbocycles. The van der Waals surface area contributed by atoms with Gasteiger partial charge in [-0.05, 0) is 28.8 Å². The lowest BCUT2D eigenvalue weighted by Gasteiger charge is -2.24. The number of nitrogen functional groups attached to an aromatic ring is 1. The van der Waals surface area contributed by atoms with Crippen LogP contribution in [-0.4, -0.2) is 16.6 Å². The minimum Gasteiger partial charge on any atom is -0.384 e. The molecule has 0 fully saturated rings. The summed E-state index contributed by atoms with van der Waals surface area (Å²) in [7, 11) is 0. The molecular weight excluding hydrogens is 226 g/mol. The van der Waals surface area contributed by atoms with Gasteiger partial charge in [0.1, 0.15) is 5.82 Å². The van der Waals surface area contributed by atoms with Crippen LogP contribution in [0.5, 0.6) is 0 Å². The monoisotopic (exact) mass is 241 g/mol. The zero-order valence-electron chi connectivity index (χ0n) is 10.3. The zero-order chi connectivity index (χ0) is 12.5. The van der Waals surface area contributed by atoms with E-state index in [2.05, 4.69) is 16.9 Å². The van der Waals surface area contributed by atoms with E-state index in [1.54, 1.807) is 6.20 Å². The van der Waals surface area contributed by atoms with Crippen molar-refractivity contribution < 1.29 is 4.74 Å². The first-order chi connectivity index (χ1) is 8.75. The van der Waals surface area contributed by atoms with E-state index in [-0.39, 0.29) is 0 Å². The highest BCUT2D eigenvalue weighted by atomic mass is 16.5. The lowest BCUT2D eigenvalue weighted by molar-refractivity contribution is 0.0953. The molecule has 0 spiro atoms. The molecule has 2 aromatic rings. The smallest absolute Gasteiger partial charge is 0.123 e. The van der Waals surface area contributed by atoms with Crippen molar-refractivity contribution in [3.63, 3.8) is 0 Å². The normalized spacial score (nSPS) is 18.4. The second kappa shape index (κ2) is 4.38. The van der Waals surface area contributed by atoms with Gasteiger partial charge in [-0.25, -0.2) is 4.98 Å². The van der Waals surface area contributed by atoms with E-state index in [0.29, 0.717) is 18.3 Å². The van der Waals surface area contributed by atoms with Crippen LogP contribution >= 0.6 is 0 Å². The number of nitrogens with two attached hydrogens (primary N) is 1. The molecular formula is C14H15N3O. The van der Waals surface area contributed by atoms with E-state index in [4.69, 9.17) is 10.5 Å². The first kappa shape index (κ1) is 11.2. The third kappa shape index (κ3) is 1.84. The average molecular weight is 241 g/mol. The minimum atomic E-state index is 0.389. The standard InChI is InChI=1S/C14H15N3O/c1-9-7-18-8-13-11(9)5-16-6-12(13)10-2-3-17-14(15)4-10/h2-6,9H,7-8H2,1H3,(H2,15,17). The van der Waals surface area contributed by atoms with Gasteiger partial charge in [-0.1, -0.05) is 6.92 Å². The Bertz CT molecular complexity index is 583. The van der Waals surface area contributed by atoms with Gasteiger partial charge in [-0.2, -0.15) is 0 Å². The second-order valence-corrected chi connectivity index (χ2v) is 4.64. The molecule has 0 radical (unpaired) electrons. The van der Waals surface area contributed by atoms with Crippen LogP contribution in [0, 0.1) is 0 Å². The van der Waals surface area contributed by atoms with Gasteiger partial charge in [0.05, 0.1) is 13.2 Å². The summed E-state index contributed by atoms with van der Waals surface area (Å²) in [5.41, 5.74) is 10.4. The summed E-state index contributed by atoms with van der Waals surface area (Å²) in [6.07, 6.45) is 5.53. The van der Waals surface area contributed by atoms with Crippen molar-refractivity contribution in [3.05, 3.63) is 41.9 Å². The molecule has 18 heavy (non-hydrogen) atoms. The molecule has 92 valence electrons. The molecule has 3 heterocycles. The zero-order valence-corrected chi connectivity index (χ0v) is 10.3. The van der Waals surface area contributed by atoms with Crippen LogP contribution in [0.3, 0.4) is 0 Å². The summed E-state index contributed by atoms with van der Waals surface area (Å²) in [5.74, 6) is 0.912. The Kier molecular flexibility index (Phi) is 2.72. The summed E-state index contributed by atoms with van der Waals surface area (Å²) >= 11 is 0. The van der Waals surface area contributed by atoms with Crippen LogP contribution in [-0.2, 0) is 11.3 Å². The van der Waals surface area contributed by atoms with Crippen LogP contribution in [0.1, 0.15) is 24.0 Å². The Morgan fingerprint density at radius 3 is 3.11 bits per heavy atom. The van der Waals surface area contributed by atoms with E-state index in [9.17, 15) is 0 Å². The maximum Gasteiger partial charge on any atom is 0.123 e. The van der Waals surface area contributed by atoms with Crippen LogP contribution in [0.4, 0.5) is 5.82 Å². The number of nitrogens with zero attached hydrogens (tertiary/aromatic N) is 2. The maximum atomic E-state index is 5.74. The third-order valence-corrected chi connectivity index (χ3v) is 3.33. The Hall–Kier alpha value is -1.94. The molecule has 3 rings (SSSR count). The molecule has 1 aliphatic rings. The first-order valence-electron chi connectivity index (χ1n) is 6.02. The fourth-order valence-electron chi connectivity index (χ4n) is 2.38. The Labute approximate surface area is 106 Å². The van der Waals surface area contributed by atoms with Gasteiger partial charge in [-0.3, -0.25) is 4.98 Å². The molecule has 1 atom stereocenters. The lowest BCUT2D eigenvalue weighted by Crippen LogP contribution is -2.15.